The van der Waals surface area contributed by atoms with Crippen molar-refractivity contribution in [1.29, 1.82) is 0 Å². The topological polar surface area (TPSA) is 0 Å². The Bertz CT molecular complexity index is 3.25. The van der Waals surface area contributed by atoms with Crippen molar-refractivity contribution in [3.8, 4) is 0 Å². The molecule has 0 aromatic rings. The first-order valence-electron chi connectivity index (χ1n) is 0. The predicted octanol–water partition coefficient (Wildman–Crippen LogP) is -4.14. The van der Waals surface area contributed by atoms with Crippen LogP contribution in [0.4, 0.5) is 0 Å². The minimum absolute atomic E-state index is 0. The Balaban J connectivity index is 0. The van der Waals surface area contributed by atoms with Crippen molar-refractivity contribution in [3.05, 3.63) is 0 Å². The largest absolute Gasteiger partial charge is 2.00 e. The molecule has 0 bridgehead atoms. The molecule has 0 aliphatic rings. The molecule has 0 spiro atoms. The Morgan fingerprint density at radius 1 is 0.500 bits per heavy atom. The van der Waals surface area contributed by atoms with Crippen LogP contribution in [-0.4, -0.2) is 113 Å². The van der Waals surface area contributed by atoms with Crippen molar-refractivity contribution < 1.29 is 29.6 Å². The number of hydrogen-bond acceptors (Lipinski definition) is 0. The van der Waals surface area contributed by atoms with Crippen molar-refractivity contribution in [1.82, 2.24) is 0 Å². The minimum Gasteiger partial charge on any atom is 1.00 e. The summed E-state index contributed by atoms with van der Waals surface area (Å²) in [5, 5.41) is 0. The third-order valence-corrected chi connectivity index (χ3v) is 0. The molecule has 0 N–H and O–H groups in total. The van der Waals surface area contributed by atoms with Gasteiger partial charge in [-0.15, -0.1) is 0 Å². The van der Waals surface area contributed by atoms with Crippen molar-refractivity contribution in [2.45, 2.75) is 0 Å². The molecule has 0 amide bonds. The zero-order valence-electron chi connectivity index (χ0n) is 3.12. The van der Waals surface area contributed by atoms with E-state index in [-0.39, 0.29) is 143 Å². The van der Waals surface area contributed by atoms with Crippen LogP contribution < -0.4 is 29.6 Å². The summed E-state index contributed by atoms with van der Waals surface area (Å²) < 4.78 is 0. The Morgan fingerprint density at radius 3 is 0.500 bits per heavy atom. The molecule has 0 saturated heterocycles. The molecule has 0 saturated carbocycles. The van der Waals surface area contributed by atoms with Crippen LogP contribution in [0.3, 0.4) is 0 Å². The van der Waals surface area contributed by atoms with Crippen LogP contribution in [0, 0.1) is 0 Å². The third-order valence-electron chi connectivity index (χ3n) is 0. The first-order chi connectivity index (χ1) is 0. The fourth-order valence-electron chi connectivity index (χ4n) is 0. The molecule has 0 nitrogen and oxygen atoms in total. The van der Waals surface area contributed by atoms with Gasteiger partial charge in [0.2, 0.25) is 0 Å². The van der Waals surface area contributed by atoms with E-state index in [1.54, 1.807) is 0 Å². The maximum atomic E-state index is 0. The Hall–Kier alpha value is 4.78. The van der Waals surface area contributed by atoms with E-state index >= 15 is 0 Å². The second-order valence-electron chi connectivity index (χ2n) is 0. The molecular weight excluding hydrogens is 143 g/mol. The molecule has 0 fully saturated rings. The van der Waals surface area contributed by atoms with Crippen LogP contribution in [0.25, 0.3) is 0 Å². The van der Waals surface area contributed by atoms with Crippen LogP contribution >= 0.6 is 0 Å². The van der Waals surface area contributed by atoms with Gasteiger partial charge in [0.05, 0.1) is 0 Å². The van der Waals surface area contributed by atoms with Gasteiger partial charge in [0.1, 0.15) is 0 Å². The van der Waals surface area contributed by atoms with Crippen molar-refractivity contribution in [2.24, 2.45) is 0 Å². The van der Waals surface area contributed by atoms with Crippen molar-refractivity contribution in [2.75, 3.05) is 0 Å². The van der Waals surface area contributed by atoms with E-state index in [0.29, 0.717) is 0 Å². The zero-order chi connectivity index (χ0) is 0. The van der Waals surface area contributed by atoms with Crippen molar-refractivity contribution >= 4 is 113 Å². The fraction of sp³-hybridized carbons (Fsp3) is 0. The molecule has 4 heteroatoms. The molecule has 0 atom stereocenters. The van der Waals surface area contributed by atoms with E-state index in [4.69, 9.17) is 0 Å². The zero-order valence-corrected chi connectivity index (χ0v) is 11.7. The van der Waals surface area contributed by atoms with E-state index < -0.39 is 0 Å². The molecule has 0 aliphatic carbocycles. The first kappa shape index (κ1) is 23.3. The molecule has 0 valence electrons. The molecule has 0 aromatic heterocycles. The summed E-state index contributed by atoms with van der Waals surface area (Å²) in [7, 11) is 0. The van der Waals surface area contributed by atoms with Crippen LogP contribution in [-0.2, 0) is 0 Å². The van der Waals surface area contributed by atoms with Crippen LogP contribution in [0.2, 0.25) is 0 Å². The predicted molar refractivity (Wildman–Crippen MR) is 17.3 cm³/mol. The summed E-state index contributed by atoms with van der Waals surface area (Å²) in [6.07, 6.45) is 0. The SMILES string of the molecule is [Ca+2].[Ca+2].[Ca+2].[Na+]. The number of rotatable bonds is 0. The summed E-state index contributed by atoms with van der Waals surface area (Å²) in [5.41, 5.74) is 0. The van der Waals surface area contributed by atoms with E-state index in [1.807, 2.05) is 0 Å². The molecular formula is Ca3Na+7. The summed E-state index contributed by atoms with van der Waals surface area (Å²) in [5.74, 6) is 0. The third kappa shape index (κ3) is 9.91. The van der Waals surface area contributed by atoms with Gasteiger partial charge < -0.3 is 0 Å². The van der Waals surface area contributed by atoms with Crippen LogP contribution in [0.15, 0.2) is 0 Å². The van der Waals surface area contributed by atoms with Gasteiger partial charge in [-0.3, -0.25) is 0 Å². The summed E-state index contributed by atoms with van der Waals surface area (Å²) in [6, 6.07) is 0. The summed E-state index contributed by atoms with van der Waals surface area (Å²) in [6.45, 7) is 0. The standard InChI is InChI=1S/3Ca.Na/q3*+2;+1. The monoisotopic (exact) mass is 143 g/mol. The van der Waals surface area contributed by atoms with E-state index in [2.05, 4.69) is 0 Å². The molecule has 0 aromatic carbocycles. The van der Waals surface area contributed by atoms with Crippen LogP contribution in [0.1, 0.15) is 0 Å². The van der Waals surface area contributed by atoms with Gasteiger partial charge >= 0.3 is 143 Å². The van der Waals surface area contributed by atoms with Gasteiger partial charge in [-0.1, -0.05) is 0 Å². The maximum Gasteiger partial charge on any atom is 2.00 e. The molecule has 0 radical (unpaired) electrons. The molecule has 0 heterocycles. The van der Waals surface area contributed by atoms with Gasteiger partial charge in [-0.2, -0.15) is 0 Å². The average Bonchev–Trinajstić information content (AvgIpc) is 0. The van der Waals surface area contributed by atoms with Gasteiger partial charge in [-0.25, -0.2) is 0 Å². The van der Waals surface area contributed by atoms with Gasteiger partial charge in [-0.05, 0) is 0 Å². The van der Waals surface area contributed by atoms with Gasteiger partial charge in [0.15, 0.2) is 0 Å². The first-order valence-corrected chi connectivity index (χ1v) is 0. The number of hydrogen-bond donors (Lipinski definition) is 0. The van der Waals surface area contributed by atoms with Gasteiger partial charge in [0.25, 0.3) is 0 Å². The Kier molecular flexibility index (Phi) is 91.0. The van der Waals surface area contributed by atoms with Crippen molar-refractivity contribution in [3.63, 3.8) is 0 Å². The fourth-order valence-corrected chi connectivity index (χ4v) is 0. The van der Waals surface area contributed by atoms with E-state index in [9.17, 15) is 0 Å². The maximum absolute atomic E-state index is 0. The normalized spacial score (nSPS) is 0. The smallest absolute Gasteiger partial charge is 1.00 e. The average molecular weight is 143 g/mol. The Morgan fingerprint density at radius 2 is 0.500 bits per heavy atom. The van der Waals surface area contributed by atoms with E-state index in [0.717, 1.165) is 0 Å². The molecule has 0 rings (SSSR count). The van der Waals surface area contributed by atoms with Crippen LogP contribution in [0.5, 0.6) is 0 Å². The summed E-state index contributed by atoms with van der Waals surface area (Å²) >= 11 is 0. The van der Waals surface area contributed by atoms with Gasteiger partial charge in [0, 0.05) is 0 Å². The molecule has 0 unspecified atom stereocenters. The Labute approximate surface area is 138 Å². The quantitative estimate of drug-likeness (QED) is 0.302. The second-order valence-corrected chi connectivity index (χ2v) is 0. The molecule has 0 aliphatic heterocycles. The molecule has 4 heavy (non-hydrogen) atoms. The minimum atomic E-state index is 0. The second kappa shape index (κ2) is 15.7. The van der Waals surface area contributed by atoms with E-state index in [1.165, 1.54) is 0 Å². The summed E-state index contributed by atoms with van der Waals surface area (Å²) in [4.78, 5) is 0.